The molecule has 0 aromatic carbocycles. The quantitative estimate of drug-likeness (QED) is 0.553. The molecule has 0 spiro atoms. The van der Waals surface area contributed by atoms with Gasteiger partial charge in [-0.3, -0.25) is 9.36 Å². The van der Waals surface area contributed by atoms with E-state index in [0.717, 1.165) is 24.8 Å². The predicted molar refractivity (Wildman–Crippen MR) is 138 cm³/mol. The van der Waals surface area contributed by atoms with Crippen LogP contribution in [0.2, 0.25) is 0 Å². The zero-order chi connectivity index (χ0) is 25.7. The molecule has 2 N–H and O–H groups in total. The lowest BCUT2D eigenvalue weighted by atomic mass is 10.00. The van der Waals surface area contributed by atoms with Crippen LogP contribution in [-0.2, 0) is 10.2 Å². The van der Waals surface area contributed by atoms with Crippen LogP contribution in [0.15, 0.2) is 23.1 Å². The number of fused-ring (bicyclic) bond motifs is 1. The van der Waals surface area contributed by atoms with E-state index < -0.39 is 15.8 Å². The third-order valence-corrected chi connectivity index (χ3v) is 9.81. The van der Waals surface area contributed by atoms with Crippen molar-refractivity contribution in [2.24, 2.45) is 5.92 Å². The van der Waals surface area contributed by atoms with Crippen molar-refractivity contribution in [3.05, 3.63) is 28.7 Å². The Hall–Kier alpha value is -2.12. The maximum atomic E-state index is 13.0. The standard InChI is InChI=1S/C24H37N7O4S/c1-24(33)10-4-5-20(24)31-21(32)7-6-18-13-25-23(27-22(18)31)26-19-8-11-29(12-9-19)36(34,35)30-15-17(16-30)14-28(2)3/h6-7,13,17,19-20,33H,4-5,8-12,14-16H2,1-3H3,(H,25,26,27)/t20-,24-/m1/s1. The van der Waals surface area contributed by atoms with Gasteiger partial charge in [-0.15, -0.1) is 0 Å². The Morgan fingerprint density at radius 1 is 1.17 bits per heavy atom. The van der Waals surface area contributed by atoms with Gasteiger partial charge in [0.2, 0.25) is 5.95 Å². The number of anilines is 1. The van der Waals surface area contributed by atoms with E-state index in [1.165, 1.54) is 6.07 Å². The molecule has 11 nitrogen and oxygen atoms in total. The van der Waals surface area contributed by atoms with E-state index in [1.807, 2.05) is 14.1 Å². The molecule has 0 bridgehead atoms. The smallest absolute Gasteiger partial charge is 0.281 e. The molecule has 5 rings (SSSR count). The molecule has 3 aliphatic rings. The van der Waals surface area contributed by atoms with Crippen LogP contribution >= 0.6 is 0 Å². The summed E-state index contributed by atoms with van der Waals surface area (Å²) in [4.78, 5) is 24.0. The van der Waals surface area contributed by atoms with Gasteiger partial charge in [0.1, 0.15) is 5.65 Å². The highest BCUT2D eigenvalue weighted by atomic mass is 32.2. The highest BCUT2D eigenvalue weighted by Gasteiger charge is 2.41. The first-order valence-corrected chi connectivity index (χ1v) is 14.2. The van der Waals surface area contributed by atoms with Gasteiger partial charge in [0, 0.05) is 56.4 Å². The maximum absolute atomic E-state index is 13.0. The molecule has 12 heteroatoms. The van der Waals surface area contributed by atoms with E-state index in [-0.39, 0.29) is 17.6 Å². The van der Waals surface area contributed by atoms with Gasteiger partial charge < -0.3 is 15.3 Å². The fraction of sp³-hybridized carbons (Fsp3) is 0.708. The number of hydrogen-bond donors (Lipinski definition) is 2. The summed E-state index contributed by atoms with van der Waals surface area (Å²) < 4.78 is 30.8. The van der Waals surface area contributed by atoms with Crippen LogP contribution < -0.4 is 10.9 Å². The first kappa shape index (κ1) is 25.5. The predicted octanol–water partition coefficient (Wildman–Crippen LogP) is 0.882. The van der Waals surface area contributed by atoms with Crippen molar-refractivity contribution in [2.45, 2.75) is 56.7 Å². The van der Waals surface area contributed by atoms with Crippen molar-refractivity contribution in [3.8, 4) is 0 Å². The normalized spacial score (nSPS) is 27.1. The van der Waals surface area contributed by atoms with Crippen LogP contribution in [0, 0.1) is 5.92 Å². The molecule has 0 unspecified atom stereocenters. The van der Waals surface area contributed by atoms with Gasteiger partial charge in [0.15, 0.2) is 0 Å². The summed E-state index contributed by atoms with van der Waals surface area (Å²) in [5.41, 5.74) is -0.633. The summed E-state index contributed by atoms with van der Waals surface area (Å²) in [5, 5.41) is 14.9. The number of piperidine rings is 1. The molecule has 2 aromatic heterocycles. The van der Waals surface area contributed by atoms with Crippen molar-refractivity contribution in [1.29, 1.82) is 0 Å². The molecule has 3 fully saturated rings. The third kappa shape index (κ3) is 4.89. The van der Waals surface area contributed by atoms with Gasteiger partial charge in [-0.1, -0.05) is 0 Å². The summed E-state index contributed by atoms with van der Waals surface area (Å²) in [7, 11) is 0.589. The van der Waals surface area contributed by atoms with Crippen LogP contribution in [0.1, 0.15) is 45.1 Å². The molecule has 2 aliphatic heterocycles. The molecule has 1 aliphatic carbocycles. The van der Waals surface area contributed by atoms with Crippen LogP contribution in [0.4, 0.5) is 5.95 Å². The second-order valence-corrected chi connectivity index (χ2v) is 13.0. The summed E-state index contributed by atoms with van der Waals surface area (Å²) >= 11 is 0. The van der Waals surface area contributed by atoms with Gasteiger partial charge >= 0.3 is 0 Å². The Bertz CT molecular complexity index is 1260. The zero-order valence-corrected chi connectivity index (χ0v) is 22.1. The first-order chi connectivity index (χ1) is 17.0. The molecule has 4 heterocycles. The average molecular weight is 520 g/mol. The van der Waals surface area contributed by atoms with Crippen LogP contribution in [-0.4, -0.2) is 100 Å². The first-order valence-electron chi connectivity index (χ1n) is 12.8. The van der Waals surface area contributed by atoms with Crippen molar-refractivity contribution >= 4 is 27.2 Å². The Kier molecular flexibility index (Phi) is 6.83. The van der Waals surface area contributed by atoms with Crippen molar-refractivity contribution in [2.75, 3.05) is 52.1 Å². The Balaban J connectivity index is 1.25. The molecule has 2 aromatic rings. The SMILES string of the molecule is CN(C)CC1CN(S(=O)(=O)N2CCC(Nc3ncc4ccc(=O)n([C@@H]5CCC[C@@]5(C)O)c4n3)CC2)C1. The molecule has 0 radical (unpaired) electrons. The van der Waals surface area contributed by atoms with E-state index in [2.05, 4.69) is 20.2 Å². The Morgan fingerprint density at radius 3 is 2.53 bits per heavy atom. The van der Waals surface area contributed by atoms with Gasteiger partial charge in [-0.05, 0) is 65.1 Å². The second kappa shape index (κ2) is 9.64. The van der Waals surface area contributed by atoms with Crippen molar-refractivity contribution in [3.63, 3.8) is 0 Å². The monoisotopic (exact) mass is 519 g/mol. The largest absolute Gasteiger partial charge is 0.388 e. The number of pyridine rings is 1. The molecule has 2 saturated heterocycles. The summed E-state index contributed by atoms with van der Waals surface area (Å²) in [6.07, 6.45) is 5.21. The summed E-state index contributed by atoms with van der Waals surface area (Å²) in [6.45, 7) is 4.73. The van der Waals surface area contributed by atoms with Crippen molar-refractivity contribution < 1.29 is 13.5 Å². The lowest BCUT2D eigenvalue weighted by molar-refractivity contribution is 0.0267. The average Bonchev–Trinajstić information content (AvgIpc) is 3.14. The minimum Gasteiger partial charge on any atom is -0.388 e. The van der Waals surface area contributed by atoms with Gasteiger partial charge in [-0.25, -0.2) is 4.98 Å². The third-order valence-electron chi connectivity index (χ3n) is 7.84. The number of hydrogen-bond acceptors (Lipinski definition) is 8. The van der Waals surface area contributed by atoms with Gasteiger partial charge in [-0.2, -0.15) is 22.0 Å². The molecular weight excluding hydrogens is 482 g/mol. The molecule has 36 heavy (non-hydrogen) atoms. The summed E-state index contributed by atoms with van der Waals surface area (Å²) in [5.74, 6) is 0.805. The number of aromatic nitrogens is 3. The van der Waals surface area contributed by atoms with E-state index in [0.29, 0.717) is 63.0 Å². The number of nitrogens with zero attached hydrogens (tertiary/aromatic N) is 6. The van der Waals surface area contributed by atoms with E-state index in [1.54, 1.807) is 32.4 Å². The zero-order valence-electron chi connectivity index (χ0n) is 21.3. The minimum absolute atomic E-state index is 0.0326. The lowest BCUT2D eigenvalue weighted by Gasteiger charge is -2.43. The number of rotatable bonds is 7. The number of nitrogens with one attached hydrogen (secondary N) is 1. The van der Waals surface area contributed by atoms with Crippen LogP contribution in [0.25, 0.3) is 11.0 Å². The highest BCUT2D eigenvalue weighted by Crippen LogP contribution is 2.39. The summed E-state index contributed by atoms with van der Waals surface area (Å²) in [6, 6.07) is 2.92. The Morgan fingerprint density at radius 2 is 1.89 bits per heavy atom. The lowest BCUT2D eigenvalue weighted by Crippen LogP contribution is -2.58. The topological polar surface area (TPSA) is 124 Å². The highest BCUT2D eigenvalue weighted by molar-refractivity contribution is 7.86. The van der Waals surface area contributed by atoms with Crippen molar-refractivity contribution in [1.82, 2.24) is 28.0 Å². The molecule has 0 amide bonds. The molecule has 198 valence electrons. The molecular formula is C24H37N7O4S. The molecule has 1 saturated carbocycles. The van der Waals surface area contributed by atoms with E-state index in [4.69, 9.17) is 0 Å². The van der Waals surface area contributed by atoms with Crippen LogP contribution in [0.5, 0.6) is 0 Å². The maximum Gasteiger partial charge on any atom is 0.281 e. The second-order valence-electron chi connectivity index (χ2n) is 11.1. The minimum atomic E-state index is -3.42. The fourth-order valence-electron chi connectivity index (χ4n) is 5.87. The van der Waals surface area contributed by atoms with Gasteiger partial charge in [0.05, 0.1) is 11.6 Å². The Labute approximate surface area is 212 Å². The number of aliphatic hydroxyl groups is 1. The molecule has 2 atom stereocenters. The van der Waals surface area contributed by atoms with Crippen LogP contribution in [0.3, 0.4) is 0 Å². The van der Waals surface area contributed by atoms with E-state index in [9.17, 15) is 18.3 Å². The fourth-order valence-corrected chi connectivity index (χ4v) is 7.66. The van der Waals surface area contributed by atoms with E-state index >= 15 is 0 Å². The van der Waals surface area contributed by atoms with Gasteiger partial charge in [0.25, 0.3) is 15.8 Å².